The Morgan fingerprint density at radius 2 is 1.69 bits per heavy atom. The first-order valence-electron chi connectivity index (χ1n) is 16.0. The van der Waals surface area contributed by atoms with Gasteiger partial charge >= 0.3 is 23.5 Å². The molecule has 0 saturated carbocycles. The molecular formula is C26H42N7O18P3S. The Morgan fingerprint density at radius 1 is 1.02 bits per heavy atom. The molecule has 1 aliphatic heterocycles. The van der Waals surface area contributed by atoms with Crippen LogP contribution < -0.4 is 16.4 Å². The van der Waals surface area contributed by atoms with Gasteiger partial charge in [0.05, 0.1) is 19.5 Å². The number of ketones is 1. The van der Waals surface area contributed by atoms with Gasteiger partial charge in [-0.2, -0.15) is 4.31 Å². The molecule has 0 radical (unpaired) electrons. The molecule has 10 N–H and O–H groups in total. The smallest absolute Gasteiger partial charge is 0.386 e. The van der Waals surface area contributed by atoms with Gasteiger partial charge in [0.15, 0.2) is 22.8 Å². The third-order valence-electron chi connectivity index (χ3n) is 7.45. The molecule has 0 aliphatic carbocycles. The molecule has 7 atom stereocenters. The van der Waals surface area contributed by atoms with E-state index in [0.29, 0.717) is 0 Å². The van der Waals surface area contributed by atoms with Crippen molar-refractivity contribution < 1.29 is 85.3 Å². The largest absolute Gasteiger partial charge is 0.481 e. The van der Waals surface area contributed by atoms with Crippen molar-refractivity contribution in [1.82, 2.24) is 30.2 Å². The fourth-order valence-electron chi connectivity index (χ4n) is 4.65. The van der Waals surface area contributed by atoms with Crippen LogP contribution in [0.15, 0.2) is 12.7 Å². The van der Waals surface area contributed by atoms with Crippen molar-refractivity contribution in [1.29, 1.82) is 0 Å². The van der Waals surface area contributed by atoms with Gasteiger partial charge in [0.25, 0.3) is 0 Å². The van der Waals surface area contributed by atoms with Gasteiger partial charge in [-0.3, -0.25) is 32.5 Å². The molecule has 1 saturated heterocycles. The third kappa shape index (κ3) is 14.6. The number of ether oxygens (including phenoxy) is 1. The van der Waals surface area contributed by atoms with Crippen LogP contribution in [0.1, 0.15) is 46.3 Å². The van der Waals surface area contributed by atoms with Gasteiger partial charge in [-0.15, -0.1) is 0 Å². The van der Waals surface area contributed by atoms with E-state index in [-0.39, 0.29) is 66.0 Å². The molecular weight excluding hydrogens is 823 g/mol. The number of nitrogens with two attached hydrogens (primary N) is 1. The molecule has 3 heterocycles. The van der Waals surface area contributed by atoms with Crippen LogP contribution in [-0.4, -0.2) is 128 Å². The number of imidazole rings is 1. The standard InChI is InChI=1S/C26H42N7O18P3S/c1-14(34)4-5-17(36)55-9-8-28-16(35)6-7-29-24(39)21(38)26(2,3)11-48-54(45,46)51-53(43,44)47-10-15-20(50-52(40,41)42)19(37)25(49-15)33-13-32-18-22(27)30-12-31-23(18)33/h12-13,15,19-21,25,37-38H,4-11H2,1-3H3,(H,28,35)(H,29,39)(H,43,44)(H,45,46)(H2,27,30,31)(H2,40,41,42). The number of nitrogen functional groups attached to an aromatic ring is 1. The van der Waals surface area contributed by atoms with E-state index in [1.807, 2.05) is 0 Å². The number of phosphoric ester groups is 3. The van der Waals surface area contributed by atoms with Crippen molar-refractivity contribution in [2.45, 2.75) is 70.7 Å². The number of nitrogens with one attached hydrogen (secondary N) is 2. The summed E-state index contributed by atoms with van der Waals surface area (Å²) in [6.07, 6.45) is -6.77. The number of amides is 2. The number of anilines is 1. The second kappa shape index (κ2) is 19.6. The van der Waals surface area contributed by atoms with Crippen molar-refractivity contribution >= 4 is 74.9 Å². The second-order valence-electron chi connectivity index (χ2n) is 12.5. The number of thioether (sulfide) groups is 1. The average Bonchev–Trinajstić information content (AvgIpc) is 3.63. The summed E-state index contributed by atoms with van der Waals surface area (Å²) in [5.74, 6) is -1.37. The second-order valence-corrected chi connectivity index (χ2v) is 17.9. The Bertz CT molecular complexity index is 1850. The minimum absolute atomic E-state index is 0.0248. The summed E-state index contributed by atoms with van der Waals surface area (Å²) in [4.78, 5) is 98.0. The predicted molar refractivity (Wildman–Crippen MR) is 187 cm³/mol. The summed E-state index contributed by atoms with van der Waals surface area (Å²) in [5, 5.41) is 26.0. The molecule has 7 unspecified atom stereocenters. The number of phosphoric acid groups is 3. The molecule has 1 aliphatic rings. The van der Waals surface area contributed by atoms with Crippen LogP contribution in [0, 0.1) is 5.41 Å². The minimum atomic E-state index is -5.58. The van der Waals surface area contributed by atoms with Crippen LogP contribution in [0.5, 0.6) is 0 Å². The van der Waals surface area contributed by atoms with E-state index in [1.165, 1.54) is 20.8 Å². The first-order valence-corrected chi connectivity index (χ1v) is 21.5. The number of hydrogen-bond acceptors (Lipinski definition) is 19. The lowest BCUT2D eigenvalue weighted by molar-refractivity contribution is -0.137. The van der Waals surface area contributed by atoms with Crippen LogP contribution in [0.2, 0.25) is 0 Å². The van der Waals surface area contributed by atoms with Gasteiger partial charge in [0, 0.05) is 43.5 Å². The van der Waals surface area contributed by atoms with E-state index >= 15 is 0 Å². The van der Waals surface area contributed by atoms with Crippen LogP contribution >= 0.6 is 35.2 Å². The maximum atomic E-state index is 12.7. The van der Waals surface area contributed by atoms with Gasteiger partial charge in [0.2, 0.25) is 11.8 Å². The quantitative estimate of drug-likeness (QED) is 0.0508. The highest BCUT2D eigenvalue weighted by molar-refractivity contribution is 8.13. The first kappa shape index (κ1) is 46.6. The van der Waals surface area contributed by atoms with Crippen molar-refractivity contribution in [3.63, 3.8) is 0 Å². The van der Waals surface area contributed by atoms with Crippen LogP contribution in [0.25, 0.3) is 11.2 Å². The topological polar surface area (TPSA) is 381 Å². The maximum absolute atomic E-state index is 12.7. The fourth-order valence-corrected chi connectivity index (χ4v) is 8.15. The Labute approximate surface area is 316 Å². The summed E-state index contributed by atoms with van der Waals surface area (Å²) < 4.78 is 62.0. The molecule has 25 nitrogen and oxygen atoms in total. The van der Waals surface area contributed by atoms with Gasteiger partial charge in [-0.25, -0.2) is 28.6 Å². The van der Waals surface area contributed by atoms with E-state index in [4.69, 9.17) is 19.5 Å². The summed E-state index contributed by atoms with van der Waals surface area (Å²) in [6, 6.07) is 0. The summed E-state index contributed by atoms with van der Waals surface area (Å²) in [5.41, 5.74) is 4.23. The van der Waals surface area contributed by atoms with Gasteiger partial charge in [0.1, 0.15) is 42.0 Å². The zero-order valence-corrected chi connectivity index (χ0v) is 32.9. The molecule has 0 bridgehead atoms. The number of fused-ring (bicyclic) bond motifs is 1. The van der Waals surface area contributed by atoms with E-state index in [2.05, 4.69) is 34.4 Å². The fraction of sp³-hybridized carbons (Fsp3) is 0.654. The van der Waals surface area contributed by atoms with Crippen molar-refractivity contribution in [2.24, 2.45) is 5.41 Å². The van der Waals surface area contributed by atoms with Gasteiger partial charge in [-0.1, -0.05) is 25.6 Å². The van der Waals surface area contributed by atoms with Crippen LogP contribution in [-0.2, 0) is 55.5 Å². The number of aromatic nitrogens is 4. The lowest BCUT2D eigenvalue weighted by Crippen LogP contribution is -2.46. The molecule has 2 aromatic rings. The number of aliphatic hydroxyl groups excluding tert-OH is 2. The molecule has 0 spiro atoms. The van der Waals surface area contributed by atoms with Crippen LogP contribution in [0.4, 0.5) is 5.82 Å². The minimum Gasteiger partial charge on any atom is -0.386 e. The number of hydrogen-bond donors (Lipinski definition) is 9. The number of carbonyl (C=O) groups excluding carboxylic acids is 4. The summed E-state index contributed by atoms with van der Waals surface area (Å²) >= 11 is 0.960. The van der Waals surface area contributed by atoms with E-state index < -0.39 is 84.6 Å². The van der Waals surface area contributed by atoms with Gasteiger partial charge in [-0.05, 0) is 6.92 Å². The average molecular weight is 866 g/mol. The maximum Gasteiger partial charge on any atom is 0.481 e. The van der Waals surface area contributed by atoms with Gasteiger partial charge < -0.3 is 55.7 Å². The van der Waals surface area contributed by atoms with E-state index in [1.54, 1.807) is 0 Å². The molecule has 2 amide bonds. The Balaban J connectivity index is 1.49. The lowest BCUT2D eigenvalue weighted by Gasteiger charge is -2.30. The third-order valence-corrected chi connectivity index (χ3v) is 11.5. The lowest BCUT2D eigenvalue weighted by atomic mass is 9.87. The number of carbonyl (C=O) groups is 4. The van der Waals surface area contributed by atoms with Crippen molar-refractivity contribution in [3.8, 4) is 0 Å². The molecule has 310 valence electrons. The number of Topliss-reactive ketones (excluding diaryl/α,β-unsaturated/α-hetero) is 1. The number of rotatable bonds is 22. The zero-order valence-electron chi connectivity index (χ0n) is 29.4. The highest BCUT2D eigenvalue weighted by Gasteiger charge is 2.50. The SMILES string of the molecule is CC(=O)CCC(=O)SCCNC(=O)CCNC(=O)C(O)C(C)(C)COP(=O)(O)OP(=O)(O)OCC1OC(n2cnc3c(N)ncnc32)C(O)C1OP(=O)(O)O. The molecule has 2 aromatic heterocycles. The summed E-state index contributed by atoms with van der Waals surface area (Å²) in [6.45, 7) is 1.73. The van der Waals surface area contributed by atoms with E-state index in [9.17, 15) is 62.7 Å². The monoisotopic (exact) mass is 865 g/mol. The highest BCUT2D eigenvalue weighted by atomic mass is 32.2. The van der Waals surface area contributed by atoms with Crippen LogP contribution in [0.3, 0.4) is 0 Å². The van der Waals surface area contributed by atoms with Crippen molar-refractivity contribution in [3.05, 3.63) is 12.7 Å². The Morgan fingerprint density at radius 3 is 2.35 bits per heavy atom. The van der Waals surface area contributed by atoms with Crippen molar-refractivity contribution in [2.75, 3.05) is 37.8 Å². The first-order chi connectivity index (χ1) is 25.4. The normalized spacial score (nSPS) is 21.8. The predicted octanol–water partition coefficient (Wildman–Crippen LogP) is -0.966. The molecule has 55 heavy (non-hydrogen) atoms. The Kier molecular flexibility index (Phi) is 16.6. The summed E-state index contributed by atoms with van der Waals surface area (Å²) in [7, 11) is -16.4. The number of aliphatic hydroxyl groups is 2. The molecule has 0 aromatic carbocycles. The number of nitrogens with zero attached hydrogens (tertiary/aromatic N) is 4. The van der Waals surface area contributed by atoms with E-state index in [0.717, 1.165) is 29.0 Å². The molecule has 29 heteroatoms. The molecule has 3 rings (SSSR count). The molecule has 1 fully saturated rings. The Hall–Kier alpha value is -2.77. The zero-order chi connectivity index (χ0) is 41.4. The highest BCUT2D eigenvalue weighted by Crippen LogP contribution is 2.61.